The van der Waals surface area contributed by atoms with Gasteiger partial charge in [0.1, 0.15) is 5.75 Å². The summed E-state index contributed by atoms with van der Waals surface area (Å²) in [6.45, 7) is 1.11. The molecule has 16 heavy (non-hydrogen) atoms. The lowest BCUT2D eigenvalue weighted by Gasteiger charge is -2.05. The molecule has 2 rings (SSSR count). The fourth-order valence-electron chi connectivity index (χ4n) is 1.57. The summed E-state index contributed by atoms with van der Waals surface area (Å²) in [6, 6.07) is 4.54. The van der Waals surface area contributed by atoms with Gasteiger partial charge in [0, 0.05) is 12.6 Å². The molecule has 1 heterocycles. The molecular weight excluding hydrogens is 206 g/mol. The van der Waals surface area contributed by atoms with E-state index in [9.17, 15) is 9.90 Å². The monoisotopic (exact) mass is 219 g/mol. The number of phenolic OH excluding ortho intramolecular Hbond substituents is 1. The van der Waals surface area contributed by atoms with E-state index in [0.717, 1.165) is 6.42 Å². The maximum Gasteiger partial charge on any atom is 0.261 e. The van der Waals surface area contributed by atoms with Crippen LogP contribution in [-0.2, 0) is 6.54 Å². The van der Waals surface area contributed by atoms with Gasteiger partial charge >= 0.3 is 0 Å². The Morgan fingerprint density at radius 1 is 1.44 bits per heavy atom. The van der Waals surface area contributed by atoms with Crippen molar-refractivity contribution in [2.45, 2.75) is 13.0 Å². The molecule has 0 saturated heterocycles. The van der Waals surface area contributed by atoms with Gasteiger partial charge in [-0.15, -0.1) is 0 Å². The van der Waals surface area contributed by atoms with Crippen molar-refractivity contribution < 1.29 is 5.11 Å². The normalized spacial score (nSPS) is 10.8. The smallest absolute Gasteiger partial charge is 0.261 e. The van der Waals surface area contributed by atoms with Crippen molar-refractivity contribution in [3.63, 3.8) is 0 Å². The second-order valence-electron chi connectivity index (χ2n) is 3.59. The number of phenols is 1. The maximum absolute atomic E-state index is 11.9. The number of benzene rings is 1. The number of nitrogens with two attached hydrogens (primary N) is 1. The average molecular weight is 219 g/mol. The molecule has 0 unspecified atom stereocenters. The highest BCUT2D eigenvalue weighted by Gasteiger charge is 2.03. The summed E-state index contributed by atoms with van der Waals surface area (Å²) in [7, 11) is 0. The summed E-state index contributed by atoms with van der Waals surface area (Å²) in [5, 5.41) is 9.78. The molecule has 0 aliphatic rings. The second kappa shape index (κ2) is 4.32. The van der Waals surface area contributed by atoms with Crippen molar-refractivity contribution in [3.8, 4) is 5.75 Å². The Kier molecular flexibility index (Phi) is 2.87. The van der Waals surface area contributed by atoms with E-state index in [1.54, 1.807) is 6.07 Å². The largest absolute Gasteiger partial charge is 0.508 e. The summed E-state index contributed by atoms with van der Waals surface area (Å²) >= 11 is 0. The number of rotatable bonds is 3. The lowest BCUT2D eigenvalue weighted by atomic mass is 10.2. The first-order valence-corrected chi connectivity index (χ1v) is 5.10. The van der Waals surface area contributed by atoms with Crippen LogP contribution < -0.4 is 11.3 Å². The van der Waals surface area contributed by atoms with Crippen molar-refractivity contribution in [2.24, 2.45) is 5.73 Å². The Morgan fingerprint density at radius 3 is 3.00 bits per heavy atom. The highest BCUT2D eigenvalue weighted by molar-refractivity contribution is 5.78. The molecule has 0 fully saturated rings. The predicted molar refractivity (Wildman–Crippen MR) is 61.3 cm³/mol. The summed E-state index contributed by atoms with van der Waals surface area (Å²) in [5.41, 5.74) is 5.80. The minimum absolute atomic E-state index is 0.0987. The van der Waals surface area contributed by atoms with Crippen LogP contribution in [0.25, 0.3) is 10.9 Å². The SMILES string of the molecule is NCCCn1cnc2cc(O)ccc2c1=O. The summed E-state index contributed by atoms with van der Waals surface area (Å²) in [6.07, 6.45) is 2.23. The van der Waals surface area contributed by atoms with Gasteiger partial charge in [0.15, 0.2) is 0 Å². The number of aryl methyl sites for hydroxylation is 1. The van der Waals surface area contributed by atoms with Crippen molar-refractivity contribution >= 4 is 10.9 Å². The molecule has 0 aliphatic heterocycles. The molecular formula is C11H13N3O2. The molecule has 0 aliphatic carbocycles. The van der Waals surface area contributed by atoms with Gasteiger partial charge in [-0.25, -0.2) is 4.98 Å². The van der Waals surface area contributed by atoms with E-state index in [1.165, 1.54) is 23.0 Å². The fraction of sp³-hybridized carbons (Fsp3) is 0.273. The lowest BCUT2D eigenvalue weighted by molar-refractivity contribution is 0.476. The first kappa shape index (κ1) is 10.6. The van der Waals surface area contributed by atoms with Gasteiger partial charge in [-0.2, -0.15) is 0 Å². The molecule has 1 aromatic carbocycles. The van der Waals surface area contributed by atoms with E-state index in [1.807, 2.05) is 0 Å². The quantitative estimate of drug-likeness (QED) is 0.785. The van der Waals surface area contributed by atoms with Gasteiger partial charge in [0.2, 0.25) is 0 Å². The first-order valence-electron chi connectivity index (χ1n) is 5.10. The van der Waals surface area contributed by atoms with Crippen LogP contribution in [0.15, 0.2) is 29.3 Å². The Bertz CT molecular complexity index is 563. The van der Waals surface area contributed by atoms with E-state index in [0.29, 0.717) is 24.0 Å². The zero-order valence-electron chi connectivity index (χ0n) is 8.76. The number of hydrogen-bond acceptors (Lipinski definition) is 4. The number of nitrogens with zero attached hydrogens (tertiary/aromatic N) is 2. The highest BCUT2D eigenvalue weighted by Crippen LogP contribution is 2.14. The zero-order valence-corrected chi connectivity index (χ0v) is 8.76. The summed E-state index contributed by atoms with van der Waals surface area (Å²) in [5.74, 6) is 0.110. The highest BCUT2D eigenvalue weighted by atomic mass is 16.3. The maximum atomic E-state index is 11.9. The third-order valence-electron chi connectivity index (χ3n) is 2.41. The lowest BCUT2D eigenvalue weighted by Crippen LogP contribution is -2.21. The Morgan fingerprint density at radius 2 is 2.25 bits per heavy atom. The molecule has 0 spiro atoms. The molecule has 84 valence electrons. The molecule has 0 radical (unpaired) electrons. The van der Waals surface area contributed by atoms with Crippen LogP contribution in [0.1, 0.15) is 6.42 Å². The molecule has 0 saturated carbocycles. The third kappa shape index (κ3) is 1.90. The minimum atomic E-state index is -0.0987. The topological polar surface area (TPSA) is 81.1 Å². The van der Waals surface area contributed by atoms with Gasteiger partial charge in [-0.1, -0.05) is 0 Å². The van der Waals surface area contributed by atoms with Crippen LogP contribution in [0.5, 0.6) is 5.75 Å². The van der Waals surface area contributed by atoms with Gasteiger partial charge in [-0.3, -0.25) is 9.36 Å². The van der Waals surface area contributed by atoms with Crippen molar-refractivity contribution in [1.29, 1.82) is 0 Å². The van der Waals surface area contributed by atoms with Crippen molar-refractivity contribution in [2.75, 3.05) is 6.54 Å². The molecule has 1 aromatic heterocycles. The van der Waals surface area contributed by atoms with Gasteiger partial charge in [0.25, 0.3) is 5.56 Å². The van der Waals surface area contributed by atoms with Crippen molar-refractivity contribution in [1.82, 2.24) is 9.55 Å². The molecule has 5 nitrogen and oxygen atoms in total. The Labute approximate surface area is 92.2 Å². The third-order valence-corrected chi connectivity index (χ3v) is 2.41. The Hall–Kier alpha value is -1.88. The number of fused-ring (bicyclic) bond motifs is 1. The second-order valence-corrected chi connectivity index (χ2v) is 3.59. The average Bonchev–Trinajstić information content (AvgIpc) is 2.28. The molecule has 2 aromatic rings. The van der Waals surface area contributed by atoms with Crippen LogP contribution in [0.4, 0.5) is 0 Å². The number of hydrogen-bond donors (Lipinski definition) is 2. The van der Waals surface area contributed by atoms with Crippen LogP contribution in [0.3, 0.4) is 0 Å². The van der Waals surface area contributed by atoms with Crippen LogP contribution >= 0.6 is 0 Å². The summed E-state index contributed by atoms with van der Waals surface area (Å²) < 4.78 is 1.53. The fourth-order valence-corrected chi connectivity index (χ4v) is 1.57. The molecule has 0 atom stereocenters. The minimum Gasteiger partial charge on any atom is -0.508 e. The van der Waals surface area contributed by atoms with E-state index >= 15 is 0 Å². The first-order chi connectivity index (χ1) is 7.72. The molecule has 3 N–H and O–H groups in total. The van der Waals surface area contributed by atoms with Crippen molar-refractivity contribution in [3.05, 3.63) is 34.9 Å². The van der Waals surface area contributed by atoms with Gasteiger partial charge in [0.05, 0.1) is 17.2 Å². The molecule has 5 heteroatoms. The zero-order chi connectivity index (χ0) is 11.5. The van der Waals surface area contributed by atoms with Crippen LogP contribution in [0.2, 0.25) is 0 Å². The summed E-state index contributed by atoms with van der Waals surface area (Å²) in [4.78, 5) is 16.1. The van der Waals surface area contributed by atoms with Gasteiger partial charge in [-0.05, 0) is 25.1 Å². The van der Waals surface area contributed by atoms with Crippen LogP contribution in [0, 0.1) is 0 Å². The van der Waals surface area contributed by atoms with E-state index in [4.69, 9.17) is 5.73 Å². The van der Waals surface area contributed by atoms with E-state index < -0.39 is 0 Å². The molecule has 0 bridgehead atoms. The van der Waals surface area contributed by atoms with E-state index in [-0.39, 0.29) is 11.3 Å². The van der Waals surface area contributed by atoms with E-state index in [2.05, 4.69) is 4.98 Å². The Balaban J connectivity index is 2.53. The standard InChI is InChI=1S/C11H13N3O2/c12-4-1-5-14-7-13-10-6-8(15)2-3-9(10)11(14)16/h2-3,6-7,15H,1,4-5,12H2. The van der Waals surface area contributed by atoms with Gasteiger partial charge < -0.3 is 10.8 Å². The van der Waals surface area contributed by atoms with Crippen LogP contribution in [-0.4, -0.2) is 21.2 Å². The molecule has 0 amide bonds. The predicted octanol–water partition coefficient (Wildman–Crippen LogP) is 0.451. The number of aromatic nitrogens is 2. The number of aromatic hydroxyl groups is 1.